The first kappa shape index (κ1) is 6.49. The molecule has 1 aliphatic heterocycles. The zero-order valence-electron chi connectivity index (χ0n) is 5.54. The first-order valence-electron chi connectivity index (χ1n) is 3.14. The lowest BCUT2D eigenvalue weighted by Crippen LogP contribution is -1.94. The van der Waals surface area contributed by atoms with E-state index in [1.807, 2.05) is 0 Å². The van der Waals surface area contributed by atoms with Crippen molar-refractivity contribution in [2.24, 2.45) is 0 Å². The Kier molecular flexibility index (Phi) is 1.26. The fourth-order valence-electron chi connectivity index (χ4n) is 0.843. The topological polar surface area (TPSA) is 42.0 Å². The number of benzene rings is 1. The molecule has 2 rings (SSSR count). The molecule has 2 amide bonds. The lowest BCUT2D eigenvalue weighted by Gasteiger charge is -1.95. The van der Waals surface area contributed by atoms with E-state index in [0.717, 1.165) is 5.69 Å². The second-order valence-electron chi connectivity index (χ2n) is 2.23. The number of carbonyl (C=O) groups excluding carboxylic acids is 1. The van der Waals surface area contributed by atoms with Crippen LogP contribution >= 0.6 is 11.6 Å². The molecule has 1 aliphatic rings. The molecule has 0 aliphatic carbocycles. The van der Waals surface area contributed by atoms with E-state index in [9.17, 15) is 4.79 Å². The van der Waals surface area contributed by atoms with Gasteiger partial charge >= 0.3 is 6.03 Å². The highest BCUT2D eigenvalue weighted by molar-refractivity contribution is 6.30. The fourth-order valence-corrected chi connectivity index (χ4v) is 0.969. The molecular formula is C7H5ClN2O. The summed E-state index contributed by atoms with van der Waals surface area (Å²) in [7, 11) is 0. The SMILES string of the molecule is O=C1NN1c1ccc(Cl)cc1. The molecule has 1 aromatic rings. The standard InChI is InChI=1S/C7H5ClN2O/c8-5-1-3-6(4-2-5)10-7(11)9-10/h1-4H,(H,9,11). The Balaban J connectivity index is 2.27. The summed E-state index contributed by atoms with van der Waals surface area (Å²) in [6, 6.07) is 6.96. The average molecular weight is 169 g/mol. The maximum absolute atomic E-state index is 10.6. The van der Waals surface area contributed by atoms with Gasteiger partial charge in [-0.1, -0.05) is 11.6 Å². The van der Waals surface area contributed by atoms with Crippen LogP contribution in [-0.2, 0) is 0 Å². The van der Waals surface area contributed by atoms with Crippen molar-refractivity contribution < 1.29 is 4.79 Å². The highest BCUT2D eigenvalue weighted by Gasteiger charge is 2.30. The van der Waals surface area contributed by atoms with Crippen LogP contribution in [0.4, 0.5) is 10.5 Å². The number of carbonyl (C=O) groups is 1. The lowest BCUT2D eigenvalue weighted by atomic mass is 10.3. The van der Waals surface area contributed by atoms with Crippen molar-refractivity contribution in [1.29, 1.82) is 0 Å². The second kappa shape index (κ2) is 2.13. The number of nitrogens with zero attached hydrogens (tertiary/aromatic N) is 1. The van der Waals surface area contributed by atoms with Gasteiger partial charge in [-0.25, -0.2) is 10.2 Å². The van der Waals surface area contributed by atoms with Gasteiger partial charge in [0.25, 0.3) is 0 Å². The number of hydrogen-bond acceptors (Lipinski definition) is 1. The Hall–Kier alpha value is -1.22. The zero-order chi connectivity index (χ0) is 7.84. The van der Waals surface area contributed by atoms with Crippen LogP contribution in [0.1, 0.15) is 0 Å². The van der Waals surface area contributed by atoms with E-state index in [0.29, 0.717) is 5.02 Å². The number of anilines is 1. The molecule has 1 fully saturated rings. The van der Waals surface area contributed by atoms with Gasteiger partial charge in [-0.05, 0) is 24.3 Å². The van der Waals surface area contributed by atoms with Gasteiger partial charge in [0.15, 0.2) is 0 Å². The highest BCUT2D eigenvalue weighted by atomic mass is 35.5. The molecule has 0 spiro atoms. The molecule has 3 nitrogen and oxygen atoms in total. The first-order valence-corrected chi connectivity index (χ1v) is 3.51. The van der Waals surface area contributed by atoms with Crippen molar-refractivity contribution in [2.45, 2.75) is 0 Å². The molecule has 1 saturated heterocycles. The number of hydrogen-bond donors (Lipinski definition) is 1. The molecule has 1 heterocycles. The predicted molar refractivity (Wildman–Crippen MR) is 42.5 cm³/mol. The Bertz CT molecular complexity index is 296. The van der Waals surface area contributed by atoms with Gasteiger partial charge in [-0.15, -0.1) is 0 Å². The maximum Gasteiger partial charge on any atom is 0.360 e. The normalized spacial score (nSPS) is 14.6. The minimum atomic E-state index is -0.0766. The van der Waals surface area contributed by atoms with Crippen LogP contribution < -0.4 is 10.4 Å². The van der Waals surface area contributed by atoms with E-state index in [4.69, 9.17) is 11.6 Å². The van der Waals surface area contributed by atoms with Crippen LogP contribution in [0.25, 0.3) is 0 Å². The maximum atomic E-state index is 10.6. The Morgan fingerprint density at radius 3 is 2.27 bits per heavy atom. The molecule has 0 unspecified atom stereocenters. The molecule has 1 aromatic carbocycles. The molecule has 4 heteroatoms. The number of halogens is 1. The third-order valence-electron chi connectivity index (χ3n) is 1.45. The van der Waals surface area contributed by atoms with Crippen LogP contribution in [0.15, 0.2) is 24.3 Å². The van der Waals surface area contributed by atoms with E-state index in [1.54, 1.807) is 24.3 Å². The van der Waals surface area contributed by atoms with Crippen LogP contribution in [0, 0.1) is 0 Å². The van der Waals surface area contributed by atoms with E-state index < -0.39 is 0 Å². The van der Waals surface area contributed by atoms with Gasteiger partial charge in [0.05, 0.1) is 5.69 Å². The first-order chi connectivity index (χ1) is 5.27. The number of urea groups is 1. The third-order valence-corrected chi connectivity index (χ3v) is 1.70. The minimum Gasteiger partial charge on any atom is -0.244 e. The molecular weight excluding hydrogens is 164 g/mol. The second-order valence-corrected chi connectivity index (χ2v) is 2.67. The van der Waals surface area contributed by atoms with Crippen molar-refractivity contribution in [3.63, 3.8) is 0 Å². The number of amides is 2. The van der Waals surface area contributed by atoms with Crippen molar-refractivity contribution in [3.05, 3.63) is 29.3 Å². The average Bonchev–Trinajstić information content (AvgIpc) is 2.69. The zero-order valence-corrected chi connectivity index (χ0v) is 6.30. The Labute approximate surface area is 68.5 Å². The Morgan fingerprint density at radius 2 is 1.82 bits per heavy atom. The van der Waals surface area contributed by atoms with Gasteiger partial charge < -0.3 is 0 Å². The summed E-state index contributed by atoms with van der Waals surface area (Å²) in [6.45, 7) is 0. The van der Waals surface area contributed by atoms with Crippen LogP contribution in [0.2, 0.25) is 5.02 Å². The van der Waals surface area contributed by atoms with E-state index >= 15 is 0 Å². The van der Waals surface area contributed by atoms with Crippen LogP contribution in [0.3, 0.4) is 0 Å². The molecule has 0 aromatic heterocycles. The summed E-state index contributed by atoms with van der Waals surface area (Å²) in [5.74, 6) is 0. The number of hydrazine groups is 1. The summed E-state index contributed by atoms with van der Waals surface area (Å²) >= 11 is 5.65. The van der Waals surface area contributed by atoms with E-state index in [2.05, 4.69) is 5.43 Å². The van der Waals surface area contributed by atoms with Gasteiger partial charge in [-0.3, -0.25) is 0 Å². The Morgan fingerprint density at radius 1 is 1.27 bits per heavy atom. The van der Waals surface area contributed by atoms with E-state index in [1.165, 1.54) is 5.01 Å². The van der Waals surface area contributed by atoms with Gasteiger partial charge in [0.2, 0.25) is 0 Å². The van der Waals surface area contributed by atoms with Crippen LogP contribution in [-0.4, -0.2) is 6.03 Å². The molecule has 0 bridgehead atoms. The van der Waals surface area contributed by atoms with Crippen LogP contribution in [0.5, 0.6) is 0 Å². The number of nitrogens with one attached hydrogen (secondary N) is 1. The number of rotatable bonds is 1. The summed E-state index contributed by atoms with van der Waals surface area (Å²) < 4.78 is 0. The summed E-state index contributed by atoms with van der Waals surface area (Å²) in [4.78, 5) is 10.6. The van der Waals surface area contributed by atoms with E-state index in [-0.39, 0.29) is 6.03 Å². The minimum absolute atomic E-state index is 0.0766. The largest absolute Gasteiger partial charge is 0.360 e. The monoisotopic (exact) mass is 168 g/mol. The predicted octanol–water partition coefficient (Wildman–Crippen LogP) is 1.78. The molecule has 11 heavy (non-hydrogen) atoms. The summed E-state index contributed by atoms with van der Waals surface area (Å²) in [5.41, 5.74) is 3.34. The highest BCUT2D eigenvalue weighted by Crippen LogP contribution is 2.20. The van der Waals surface area contributed by atoms with Crippen molar-refractivity contribution >= 4 is 23.3 Å². The van der Waals surface area contributed by atoms with Gasteiger partial charge in [0, 0.05) is 5.02 Å². The molecule has 0 radical (unpaired) electrons. The summed E-state index contributed by atoms with van der Waals surface area (Å²) in [5, 5.41) is 2.11. The third kappa shape index (κ3) is 1.14. The smallest absolute Gasteiger partial charge is 0.244 e. The lowest BCUT2D eigenvalue weighted by molar-refractivity contribution is 0.267. The van der Waals surface area contributed by atoms with Crippen molar-refractivity contribution in [1.82, 2.24) is 5.43 Å². The summed E-state index contributed by atoms with van der Waals surface area (Å²) in [6.07, 6.45) is 0. The van der Waals surface area contributed by atoms with Gasteiger partial charge in [-0.2, -0.15) is 5.01 Å². The quantitative estimate of drug-likeness (QED) is 0.639. The molecule has 1 N–H and O–H groups in total. The fraction of sp³-hybridized carbons (Fsp3) is 0. The van der Waals surface area contributed by atoms with Crippen molar-refractivity contribution in [2.75, 3.05) is 5.01 Å². The van der Waals surface area contributed by atoms with Gasteiger partial charge in [0.1, 0.15) is 0 Å². The molecule has 56 valence electrons. The molecule has 0 saturated carbocycles. The molecule has 0 atom stereocenters. The van der Waals surface area contributed by atoms with Crippen molar-refractivity contribution in [3.8, 4) is 0 Å².